The molecule has 0 spiro atoms. The first kappa shape index (κ1) is 58.4. The van der Waals surface area contributed by atoms with Gasteiger partial charge >= 0.3 is 17.9 Å². The Balaban J connectivity index is 4.23. The molecule has 0 unspecified atom stereocenters. The van der Waals surface area contributed by atoms with Gasteiger partial charge in [-0.1, -0.05) is 265 Å². The van der Waals surface area contributed by atoms with Crippen LogP contribution in [0.3, 0.4) is 0 Å². The standard InChI is InChI=1S/C54H104O6/c1-5-7-9-11-13-15-17-26-31-35-39-43-47-54(57)60-51(48-58-52(55)45-41-37-33-29-24-16-14-12-10-8-6-2)49-59-53(56)46-42-38-34-30-27-23-21-19-18-20-22-25-28-32-36-40-44-50(3)4/h50-51H,5-49H2,1-4H3/t51-/m0/s1. The van der Waals surface area contributed by atoms with Crippen LogP contribution in [0.4, 0.5) is 0 Å². The molecule has 6 nitrogen and oxygen atoms in total. The van der Waals surface area contributed by atoms with Crippen molar-refractivity contribution in [1.29, 1.82) is 0 Å². The van der Waals surface area contributed by atoms with E-state index in [9.17, 15) is 14.4 Å². The van der Waals surface area contributed by atoms with Gasteiger partial charge < -0.3 is 14.2 Å². The van der Waals surface area contributed by atoms with Gasteiger partial charge in [0.25, 0.3) is 0 Å². The Morgan fingerprint density at radius 2 is 0.550 bits per heavy atom. The minimum absolute atomic E-state index is 0.0623. The maximum absolute atomic E-state index is 12.8. The Morgan fingerprint density at radius 1 is 0.317 bits per heavy atom. The van der Waals surface area contributed by atoms with Crippen molar-refractivity contribution in [2.24, 2.45) is 5.92 Å². The zero-order valence-corrected chi connectivity index (χ0v) is 40.9. The largest absolute Gasteiger partial charge is 0.462 e. The Hall–Kier alpha value is -1.59. The molecule has 0 aliphatic rings. The van der Waals surface area contributed by atoms with Crippen LogP contribution in [-0.2, 0) is 28.6 Å². The summed E-state index contributed by atoms with van der Waals surface area (Å²) < 4.78 is 16.8. The maximum Gasteiger partial charge on any atom is 0.306 e. The molecule has 0 bridgehead atoms. The molecular weight excluding hydrogens is 745 g/mol. The van der Waals surface area contributed by atoms with Crippen molar-refractivity contribution in [3.05, 3.63) is 0 Å². The fraction of sp³-hybridized carbons (Fsp3) is 0.944. The first-order valence-electron chi connectivity index (χ1n) is 26.9. The molecule has 0 aromatic rings. The van der Waals surface area contributed by atoms with E-state index in [4.69, 9.17) is 14.2 Å². The van der Waals surface area contributed by atoms with Gasteiger partial charge in [-0.3, -0.25) is 14.4 Å². The lowest BCUT2D eigenvalue weighted by Crippen LogP contribution is -2.30. The number of carbonyl (C=O) groups is 3. The van der Waals surface area contributed by atoms with Crippen molar-refractivity contribution < 1.29 is 28.6 Å². The second kappa shape index (κ2) is 48.4. The summed E-state index contributed by atoms with van der Waals surface area (Å²) in [5.74, 6) is 0.0108. The molecule has 0 aromatic heterocycles. The van der Waals surface area contributed by atoms with Crippen LogP contribution in [0.2, 0.25) is 0 Å². The molecule has 0 amide bonds. The molecule has 60 heavy (non-hydrogen) atoms. The van der Waals surface area contributed by atoms with Gasteiger partial charge in [0.1, 0.15) is 13.2 Å². The number of ether oxygens (including phenoxy) is 3. The zero-order chi connectivity index (χ0) is 43.8. The van der Waals surface area contributed by atoms with E-state index in [1.54, 1.807) is 0 Å². The van der Waals surface area contributed by atoms with E-state index in [1.807, 2.05) is 0 Å². The summed E-state index contributed by atoms with van der Waals surface area (Å²) >= 11 is 0. The van der Waals surface area contributed by atoms with Gasteiger partial charge in [-0.2, -0.15) is 0 Å². The van der Waals surface area contributed by atoms with E-state index < -0.39 is 6.10 Å². The summed E-state index contributed by atoms with van der Waals surface area (Å²) in [5.41, 5.74) is 0. The molecule has 0 saturated carbocycles. The average Bonchev–Trinajstić information content (AvgIpc) is 3.23. The van der Waals surface area contributed by atoms with E-state index in [-0.39, 0.29) is 31.1 Å². The summed E-state index contributed by atoms with van der Waals surface area (Å²) in [6.45, 7) is 9.04. The van der Waals surface area contributed by atoms with Crippen molar-refractivity contribution >= 4 is 17.9 Å². The molecule has 1 atom stereocenters. The highest BCUT2D eigenvalue weighted by molar-refractivity contribution is 5.71. The minimum Gasteiger partial charge on any atom is -0.462 e. The van der Waals surface area contributed by atoms with E-state index in [1.165, 1.54) is 199 Å². The van der Waals surface area contributed by atoms with Crippen LogP contribution in [0.5, 0.6) is 0 Å². The molecule has 0 N–H and O–H groups in total. The number of carbonyl (C=O) groups excluding carboxylic acids is 3. The third kappa shape index (κ3) is 47.5. The van der Waals surface area contributed by atoms with Crippen LogP contribution in [-0.4, -0.2) is 37.2 Å². The molecule has 0 fully saturated rings. The second-order valence-corrected chi connectivity index (χ2v) is 19.0. The first-order chi connectivity index (χ1) is 29.4. The molecule has 0 aliphatic heterocycles. The first-order valence-corrected chi connectivity index (χ1v) is 26.9. The predicted molar refractivity (Wildman–Crippen MR) is 257 cm³/mol. The van der Waals surface area contributed by atoms with Gasteiger partial charge in [0.05, 0.1) is 0 Å². The van der Waals surface area contributed by atoms with Crippen LogP contribution < -0.4 is 0 Å². The molecule has 6 heteroatoms. The molecule has 0 heterocycles. The summed E-state index contributed by atoms with van der Waals surface area (Å²) in [7, 11) is 0. The predicted octanol–water partition coefficient (Wildman–Crippen LogP) is 17.5. The van der Waals surface area contributed by atoms with E-state index in [0.717, 1.165) is 63.7 Å². The van der Waals surface area contributed by atoms with Gasteiger partial charge in [-0.25, -0.2) is 0 Å². The lowest BCUT2D eigenvalue weighted by Gasteiger charge is -2.18. The minimum atomic E-state index is -0.760. The number of hydrogen-bond acceptors (Lipinski definition) is 6. The topological polar surface area (TPSA) is 78.9 Å². The van der Waals surface area contributed by atoms with E-state index in [0.29, 0.717) is 19.3 Å². The summed E-state index contributed by atoms with van der Waals surface area (Å²) in [4.78, 5) is 37.9. The van der Waals surface area contributed by atoms with Gasteiger partial charge in [0, 0.05) is 19.3 Å². The van der Waals surface area contributed by atoms with Crippen molar-refractivity contribution in [3.63, 3.8) is 0 Å². The molecule has 356 valence electrons. The molecule has 0 saturated heterocycles. The fourth-order valence-corrected chi connectivity index (χ4v) is 8.22. The quantitative estimate of drug-likeness (QED) is 0.0345. The molecule has 0 radical (unpaired) electrons. The number of rotatable bonds is 49. The van der Waals surface area contributed by atoms with Gasteiger partial charge in [-0.15, -0.1) is 0 Å². The van der Waals surface area contributed by atoms with Gasteiger partial charge in [0.15, 0.2) is 6.10 Å². The highest BCUT2D eigenvalue weighted by Crippen LogP contribution is 2.17. The number of unbranched alkanes of at least 4 members (excludes halogenated alkanes) is 36. The van der Waals surface area contributed by atoms with Crippen molar-refractivity contribution in [1.82, 2.24) is 0 Å². The Bertz CT molecular complexity index is 903. The van der Waals surface area contributed by atoms with Crippen LogP contribution in [0, 0.1) is 5.92 Å². The lowest BCUT2D eigenvalue weighted by molar-refractivity contribution is -0.167. The highest BCUT2D eigenvalue weighted by atomic mass is 16.6. The molecule has 0 rings (SSSR count). The normalized spacial score (nSPS) is 11.9. The third-order valence-electron chi connectivity index (χ3n) is 12.3. The smallest absolute Gasteiger partial charge is 0.306 e. The summed E-state index contributed by atoms with van der Waals surface area (Å²) in [6.07, 6.45) is 50.9. The van der Waals surface area contributed by atoms with Crippen molar-refractivity contribution in [3.8, 4) is 0 Å². The maximum atomic E-state index is 12.8. The Labute approximate surface area is 374 Å². The fourth-order valence-electron chi connectivity index (χ4n) is 8.22. The van der Waals surface area contributed by atoms with Gasteiger partial charge in [0.2, 0.25) is 0 Å². The highest BCUT2D eigenvalue weighted by Gasteiger charge is 2.19. The van der Waals surface area contributed by atoms with Crippen molar-refractivity contribution in [2.45, 2.75) is 310 Å². The number of hydrogen-bond donors (Lipinski definition) is 0. The Morgan fingerprint density at radius 3 is 0.817 bits per heavy atom. The molecular formula is C54H104O6. The Kier molecular flexibility index (Phi) is 47.2. The third-order valence-corrected chi connectivity index (χ3v) is 12.3. The van der Waals surface area contributed by atoms with Crippen LogP contribution >= 0.6 is 0 Å². The SMILES string of the molecule is CCCCCCCCCCCCCCC(=O)O[C@@H](COC(=O)CCCCCCCCCCCCC)COC(=O)CCCCCCCCCCCCCCCCCCC(C)C. The monoisotopic (exact) mass is 849 g/mol. The van der Waals surface area contributed by atoms with E-state index in [2.05, 4.69) is 27.7 Å². The van der Waals surface area contributed by atoms with Crippen molar-refractivity contribution in [2.75, 3.05) is 13.2 Å². The molecule has 0 aliphatic carbocycles. The summed E-state index contributed by atoms with van der Waals surface area (Å²) in [6, 6.07) is 0. The summed E-state index contributed by atoms with van der Waals surface area (Å²) in [5, 5.41) is 0. The lowest BCUT2D eigenvalue weighted by atomic mass is 10.0. The van der Waals surface area contributed by atoms with Crippen LogP contribution in [0.15, 0.2) is 0 Å². The molecule has 0 aromatic carbocycles. The average molecular weight is 849 g/mol. The van der Waals surface area contributed by atoms with E-state index >= 15 is 0 Å². The zero-order valence-electron chi connectivity index (χ0n) is 40.9. The second-order valence-electron chi connectivity index (χ2n) is 19.0. The van der Waals surface area contributed by atoms with Crippen LogP contribution in [0.25, 0.3) is 0 Å². The van der Waals surface area contributed by atoms with Gasteiger partial charge in [-0.05, 0) is 25.2 Å². The van der Waals surface area contributed by atoms with Crippen LogP contribution in [0.1, 0.15) is 304 Å². The number of esters is 3.